The number of carbonyl (C=O) groups excluding carboxylic acids is 1. The number of rotatable bonds is 6. The highest BCUT2D eigenvalue weighted by atomic mass is 16.2. The van der Waals surface area contributed by atoms with E-state index in [9.17, 15) is 4.79 Å². The molecule has 0 spiro atoms. The van der Waals surface area contributed by atoms with Gasteiger partial charge in [0, 0.05) is 36.2 Å². The fraction of sp³-hybridized carbons (Fsp3) is 0.526. The number of aromatic amines is 1. The van der Waals surface area contributed by atoms with Gasteiger partial charge in [0.1, 0.15) is 0 Å². The summed E-state index contributed by atoms with van der Waals surface area (Å²) in [5, 5.41) is 1.19. The van der Waals surface area contributed by atoms with Crippen LogP contribution < -0.4 is 0 Å². The highest BCUT2D eigenvalue weighted by molar-refractivity contribution is 5.92. The zero-order chi connectivity index (χ0) is 17.1. The van der Waals surface area contributed by atoms with Crippen molar-refractivity contribution in [3.05, 3.63) is 34.5 Å². The maximum absolute atomic E-state index is 12.7. The van der Waals surface area contributed by atoms with E-state index in [1.165, 1.54) is 16.5 Å². The molecule has 4 nitrogen and oxygen atoms in total. The van der Waals surface area contributed by atoms with E-state index in [1.54, 1.807) is 0 Å². The number of aryl methyl sites for hydroxylation is 3. The minimum Gasteiger partial charge on any atom is -0.358 e. The molecule has 0 bridgehead atoms. The normalized spacial score (nSPS) is 11.4. The minimum absolute atomic E-state index is 0.206. The molecule has 1 heterocycles. The van der Waals surface area contributed by atoms with Gasteiger partial charge in [-0.25, -0.2) is 0 Å². The molecule has 0 unspecified atom stereocenters. The van der Waals surface area contributed by atoms with Crippen molar-refractivity contribution in [3.63, 3.8) is 0 Å². The Morgan fingerprint density at radius 1 is 1.13 bits per heavy atom. The van der Waals surface area contributed by atoms with Gasteiger partial charge in [0.05, 0.1) is 6.42 Å². The van der Waals surface area contributed by atoms with Crippen molar-refractivity contribution in [2.24, 2.45) is 0 Å². The number of likely N-dealkylation sites (N-methyl/N-ethyl adjacent to an activating group) is 2. The molecule has 0 atom stereocenters. The van der Waals surface area contributed by atoms with E-state index in [2.05, 4.69) is 42.8 Å². The first-order valence-corrected chi connectivity index (χ1v) is 8.34. The number of nitrogens with zero attached hydrogens (tertiary/aromatic N) is 2. The van der Waals surface area contributed by atoms with Crippen LogP contribution >= 0.6 is 0 Å². The van der Waals surface area contributed by atoms with Gasteiger partial charge >= 0.3 is 0 Å². The standard InChI is InChI=1S/C19H29N3O/c1-7-22(9-8-21(5)6)18(23)12-16-15(4)20-19-14(3)10-13(2)11-17(16)19/h10-11,20H,7-9,12H2,1-6H3. The third-order valence-electron chi connectivity index (χ3n) is 4.45. The number of nitrogens with one attached hydrogen (secondary N) is 1. The zero-order valence-corrected chi connectivity index (χ0v) is 15.3. The third kappa shape index (κ3) is 3.94. The van der Waals surface area contributed by atoms with Crippen LogP contribution in [-0.2, 0) is 11.2 Å². The van der Waals surface area contributed by atoms with E-state index in [4.69, 9.17) is 0 Å². The topological polar surface area (TPSA) is 39.3 Å². The zero-order valence-electron chi connectivity index (χ0n) is 15.3. The molecule has 4 heteroatoms. The van der Waals surface area contributed by atoms with Gasteiger partial charge in [0.15, 0.2) is 0 Å². The van der Waals surface area contributed by atoms with Crippen LogP contribution in [0.15, 0.2) is 12.1 Å². The molecule has 2 rings (SSSR count). The molecule has 0 aliphatic carbocycles. The molecular weight excluding hydrogens is 286 g/mol. The van der Waals surface area contributed by atoms with Crippen LogP contribution in [0, 0.1) is 20.8 Å². The lowest BCUT2D eigenvalue weighted by Gasteiger charge is -2.23. The SMILES string of the molecule is CCN(CCN(C)C)C(=O)Cc1c(C)[nH]c2c(C)cc(C)cc12. The van der Waals surface area contributed by atoms with Crippen molar-refractivity contribution >= 4 is 16.8 Å². The molecule has 2 aromatic rings. The Kier molecular flexibility index (Phi) is 5.47. The number of hydrogen-bond donors (Lipinski definition) is 1. The number of benzene rings is 1. The second kappa shape index (κ2) is 7.18. The van der Waals surface area contributed by atoms with Crippen LogP contribution in [0.5, 0.6) is 0 Å². The maximum atomic E-state index is 12.7. The van der Waals surface area contributed by atoms with Crippen molar-refractivity contribution in [1.82, 2.24) is 14.8 Å². The molecule has 0 aliphatic heterocycles. The van der Waals surface area contributed by atoms with Crippen molar-refractivity contribution in [2.75, 3.05) is 33.7 Å². The summed E-state index contributed by atoms with van der Waals surface area (Å²) in [4.78, 5) is 20.2. The molecule has 23 heavy (non-hydrogen) atoms. The van der Waals surface area contributed by atoms with Crippen LogP contribution in [0.25, 0.3) is 10.9 Å². The van der Waals surface area contributed by atoms with Crippen molar-refractivity contribution < 1.29 is 4.79 Å². The molecule has 1 aromatic carbocycles. The van der Waals surface area contributed by atoms with Gasteiger partial charge in [-0.2, -0.15) is 0 Å². The number of H-pyrrole nitrogens is 1. The van der Waals surface area contributed by atoms with Crippen molar-refractivity contribution in [3.8, 4) is 0 Å². The summed E-state index contributed by atoms with van der Waals surface area (Å²) in [5.41, 5.74) is 5.88. The average molecular weight is 315 g/mol. The van der Waals surface area contributed by atoms with Crippen LogP contribution in [0.1, 0.15) is 29.3 Å². The van der Waals surface area contributed by atoms with E-state index in [1.807, 2.05) is 25.9 Å². The molecule has 0 fully saturated rings. The van der Waals surface area contributed by atoms with Crippen LogP contribution in [-0.4, -0.2) is 54.4 Å². The number of amides is 1. The molecule has 0 saturated heterocycles. The molecule has 1 N–H and O–H groups in total. The van der Waals surface area contributed by atoms with Gasteiger partial charge in [-0.05, 0) is 59.0 Å². The quantitative estimate of drug-likeness (QED) is 0.890. The van der Waals surface area contributed by atoms with Gasteiger partial charge in [0.2, 0.25) is 5.91 Å². The lowest BCUT2D eigenvalue weighted by molar-refractivity contribution is -0.130. The second-order valence-corrected chi connectivity index (χ2v) is 6.69. The first-order chi connectivity index (χ1) is 10.8. The number of aromatic nitrogens is 1. The summed E-state index contributed by atoms with van der Waals surface area (Å²) in [6, 6.07) is 4.36. The predicted molar refractivity (Wildman–Crippen MR) is 97.0 cm³/mol. The van der Waals surface area contributed by atoms with Crippen molar-refractivity contribution in [2.45, 2.75) is 34.1 Å². The van der Waals surface area contributed by atoms with E-state index in [-0.39, 0.29) is 5.91 Å². The summed E-state index contributed by atoms with van der Waals surface area (Å²) in [7, 11) is 4.07. The molecule has 0 aliphatic rings. The average Bonchev–Trinajstić information content (AvgIpc) is 2.76. The molecule has 0 saturated carbocycles. The van der Waals surface area contributed by atoms with Gasteiger partial charge in [-0.15, -0.1) is 0 Å². The Labute approximate surface area is 139 Å². The van der Waals surface area contributed by atoms with Gasteiger partial charge in [-0.3, -0.25) is 4.79 Å². The Morgan fingerprint density at radius 3 is 2.43 bits per heavy atom. The lowest BCUT2D eigenvalue weighted by Crippen LogP contribution is -2.37. The molecular formula is C19H29N3O. The second-order valence-electron chi connectivity index (χ2n) is 6.69. The summed E-state index contributed by atoms with van der Waals surface area (Å²) in [5.74, 6) is 0.206. The minimum atomic E-state index is 0.206. The maximum Gasteiger partial charge on any atom is 0.227 e. The monoisotopic (exact) mass is 315 g/mol. The summed E-state index contributed by atoms with van der Waals surface area (Å²) < 4.78 is 0. The predicted octanol–water partition coefficient (Wildman–Crippen LogP) is 3.05. The van der Waals surface area contributed by atoms with E-state index in [0.29, 0.717) is 6.42 Å². The Hall–Kier alpha value is -1.81. The third-order valence-corrected chi connectivity index (χ3v) is 4.45. The van der Waals surface area contributed by atoms with Gasteiger partial charge in [0.25, 0.3) is 0 Å². The van der Waals surface area contributed by atoms with Crippen LogP contribution in [0.3, 0.4) is 0 Å². The van der Waals surface area contributed by atoms with Gasteiger partial charge in [-0.1, -0.05) is 11.6 Å². The first kappa shape index (κ1) is 17.5. The van der Waals surface area contributed by atoms with Crippen LogP contribution in [0.2, 0.25) is 0 Å². The Balaban J connectivity index is 2.27. The Morgan fingerprint density at radius 2 is 1.83 bits per heavy atom. The molecule has 0 radical (unpaired) electrons. The van der Waals surface area contributed by atoms with Crippen molar-refractivity contribution in [1.29, 1.82) is 0 Å². The van der Waals surface area contributed by atoms with Gasteiger partial charge < -0.3 is 14.8 Å². The number of fused-ring (bicyclic) bond motifs is 1. The highest BCUT2D eigenvalue weighted by Crippen LogP contribution is 2.27. The lowest BCUT2D eigenvalue weighted by atomic mass is 10.0. The smallest absolute Gasteiger partial charge is 0.227 e. The fourth-order valence-corrected chi connectivity index (χ4v) is 3.11. The molecule has 1 amide bonds. The Bertz CT molecular complexity index is 700. The number of hydrogen-bond acceptors (Lipinski definition) is 2. The summed E-state index contributed by atoms with van der Waals surface area (Å²) >= 11 is 0. The van der Waals surface area contributed by atoms with E-state index < -0.39 is 0 Å². The summed E-state index contributed by atoms with van der Waals surface area (Å²) in [6.07, 6.45) is 0.468. The number of carbonyl (C=O) groups is 1. The fourth-order valence-electron chi connectivity index (χ4n) is 3.11. The first-order valence-electron chi connectivity index (χ1n) is 8.34. The van der Waals surface area contributed by atoms with E-state index in [0.717, 1.165) is 36.4 Å². The summed E-state index contributed by atoms with van der Waals surface area (Å²) in [6.45, 7) is 10.8. The van der Waals surface area contributed by atoms with Crippen LogP contribution in [0.4, 0.5) is 0 Å². The molecule has 126 valence electrons. The largest absolute Gasteiger partial charge is 0.358 e. The molecule has 1 aromatic heterocycles. The highest BCUT2D eigenvalue weighted by Gasteiger charge is 2.18. The van der Waals surface area contributed by atoms with E-state index >= 15 is 0 Å².